The summed E-state index contributed by atoms with van der Waals surface area (Å²) in [5, 5.41) is 0. The van der Waals surface area contributed by atoms with E-state index in [-0.39, 0.29) is 0 Å². The number of hydrogen-bond donors (Lipinski definition) is 0. The summed E-state index contributed by atoms with van der Waals surface area (Å²) in [4.78, 5) is 1.46. The van der Waals surface area contributed by atoms with E-state index in [1.165, 1.54) is 4.90 Å². The number of alkyl halides is 3. The summed E-state index contributed by atoms with van der Waals surface area (Å²) >= 11 is 0. The maximum absolute atomic E-state index is 13.3. The Bertz CT molecular complexity index is 414. The quantitative estimate of drug-likeness (QED) is 0.829. The van der Waals surface area contributed by atoms with Crippen LogP contribution in [0.2, 0.25) is 0 Å². The molecule has 120 valence electrons. The van der Waals surface area contributed by atoms with Crippen molar-refractivity contribution in [1.82, 2.24) is 4.90 Å². The van der Waals surface area contributed by atoms with Crippen molar-refractivity contribution in [1.29, 1.82) is 0 Å². The summed E-state index contributed by atoms with van der Waals surface area (Å²) in [6.45, 7) is 7.30. The number of benzene rings is 1. The first-order valence-corrected chi connectivity index (χ1v) is 7.49. The summed E-state index contributed by atoms with van der Waals surface area (Å²) in [5.74, 6) is 0. The van der Waals surface area contributed by atoms with E-state index in [1.54, 1.807) is 18.2 Å². The number of nitrogens with zero attached hydrogens (tertiary/aromatic N) is 1. The van der Waals surface area contributed by atoms with Gasteiger partial charge < -0.3 is 4.74 Å². The Hall–Kier alpha value is -1.07. The molecule has 1 unspecified atom stereocenters. The molecule has 1 saturated heterocycles. The van der Waals surface area contributed by atoms with Gasteiger partial charge in [-0.1, -0.05) is 45.0 Å². The highest BCUT2D eigenvalue weighted by Crippen LogP contribution is 2.38. The molecule has 0 radical (unpaired) electrons. The van der Waals surface area contributed by atoms with Crippen LogP contribution in [0.1, 0.15) is 37.9 Å². The van der Waals surface area contributed by atoms with Crippen LogP contribution in [0.5, 0.6) is 0 Å². The predicted octanol–water partition coefficient (Wildman–Crippen LogP) is 4.21. The van der Waals surface area contributed by atoms with Crippen molar-refractivity contribution in [3.05, 3.63) is 35.4 Å². The fraction of sp³-hybridized carbons (Fsp3) is 0.625. The minimum absolute atomic E-state index is 0.320. The Morgan fingerprint density at radius 3 is 2.33 bits per heavy atom. The van der Waals surface area contributed by atoms with Crippen LogP contribution in [0.15, 0.2) is 24.3 Å². The van der Waals surface area contributed by atoms with Gasteiger partial charge in [0, 0.05) is 13.1 Å². The maximum atomic E-state index is 13.3. The van der Waals surface area contributed by atoms with Crippen LogP contribution in [-0.2, 0) is 11.2 Å². The highest BCUT2D eigenvalue weighted by molar-refractivity contribution is 5.27. The Morgan fingerprint density at radius 2 is 1.81 bits per heavy atom. The summed E-state index contributed by atoms with van der Waals surface area (Å²) in [5.41, 5.74) is 1.26. The number of hydrogen-bond acceptors (Lipinski definition) is 2. The van der Waals surface area contributed by atoms with Crippen LogP contribution < -0.4 is 0 Å². The van der Waals surface area contributed by atoms with E-state index in [9.17, 15) is 13.2 Å². The Kier molecular flexibility index (Phi) is 7.18. The van der Waals surface area contributed by atoms with Crippen molar-refractivity contribution in [3.8, 4) is 0 Å². The zero-order valence-electron chi connectivity index (χ0n) is 12.9. The van der Waals surface area contributed by atoms with Gasteiger partial charge in [-0.2, -0.15) is 13.2 Å². The van der Waals surface area contributed by atoms with Crippen LogP contribution >= 0.6 is 0 Å². The van der Waals surface area contributed by atoms with E-state index in [0.29, 0.717) is 31.9 Å². The molecule has 1 aliphatic heterocycles. The number of rotatable bonds is 3. The van der Waals surface area contributed by atoms with Gasteiger partial charge in [0.25, 0.3) is 0 Å². The predicted molar refractivity (Wildman–Crippen MR) is 78.4 cm³/mol. The van der Waals surface area contributed by atoms with Gasteiger partial charge in [0.1, 0.15) is 6.04 Å². The number of aryl methyl sites for hydroxylation is 1. The van der Waals surface area contributed by atoms with Crippen molar-refractivity contribution in [2.24, 2.45) is 0 Å². The van der Waals surface area contributed by atoms with Crippen LogP contribution in [0.3, 0.4) is 0 Å². The van der Waals surface area contributed by atoms with E-state index in [0.717, 1.165) is 12.0 Å². The highest BCUT2D eigenvalue weighted by atomic mass is 19.4. The molecule has 5 heteroatoms. The third-order valence-corrected chi connectivity index (χ3v) is 3.40. The lowest BCUT2D eigenvalue weighted by Crippen LogP contribution is -2.44. The smallest absolute Gasteiger partial charge is 0.379 e. The zero-order chi connectivity index (χ0) is 15.9. The Labute approximate surface area is 124 Å². The van der Waals surface area contributed by atoms with E-state index in [4.69, 9.17) is 4.74 Å². The van der Waals surface area contributed by atoms with E-state index in [2.05, 4.69) is 0 Å². The van der Waals surface area contributed by atoms with Crippen molar-refractivity contribution >= 4 is 0 Å². The lowest BCUT2D eigenvalue weighted by Gasteiger charge is -2.35. The van der Waals surface area contributed by atoms with Crippen LogP contribution in [0.4, 0.5) is 13.2 Å². The fourth-order valence-electron chi connectivity index (χ4n) is 2.43. The average Bonchev–Trinajstić information content (AvgIpc) is 2.49. The molecule has 1 fully saturated rings. The molecule has 21 heavy (non-hydrogen) atoms. The summed E-state index contributed by atoms with van der Waals surface area (Å²) in [6, 6.07) is 5.26. The van der Waals surface area contributed by atoms with Crippen LogP contribution in [0.25, 0.3) is 0 Å². The fourth-order valence-corrected chi connectivity index (χ4v) is 2.43. The number of ether oxygens (including phenoxy) is 1. The van der Waals surface area contributed by atoms with Gasteiger partial charge in [-0.05, 0) is 17.5 Å². The first-order valence-electron chi connectivity index (χ1n) is 7.49. The van der Waals surface area contributed by atoms with Gasteiger partial charge >= 0.3 is 6.18 Å². The lowest BCUT2D eigenvalue weighted by molar-refractivity contribution is -0.194. The molecule has 0 N–H and O–H groups in total. The molecule has 1 aliphatic rings. The Balaban J connectivity index is 0.00000106. The van der Waals surface area contributed by atoms with E-state index in [1.807, 2.05) is 26.8 Å². The molecule has 1 atom stereocenters. The number of morpholine rings is 1. The van der Waals surface area contributed by atoms with Crippen molar-refractivity contribution in [2.75, 3.05) is 26.3 Å². The van der Waals surface area contributed by atoms with Crippen molar-refractivity contribution in [2.45, 2.75) is 39.4 Å². The standard InChI is InChI=1S/C14H18F3NO.C2H6/c1-2-11-4-3-5-12(10-11)13(14(15,16)17)18-6-8-19-9-7-18;1-2/h3-5,10,13H,2,6-9H2,1H3;1-2H3. The van der Waals surface area contributed by atoms with Gasteiger partial charge in [0.05, 0.1) is 13.2 Å². The van der Waals surface area contributed by atoms with Crippen LogP contribution in [0, 0.1) is 0 Å². The number of halogens is 3. The molecule has 0 spiro atoms. The van der Waals surface area contributed by atoms with Crippen molar-refractivity contribution < 1.29 is 17.9 Å². The molecule has 0 amide bonds. The SMILES string of the molecule is CC.CCc1cccc(C(N2CCOCC2)C(F)(F)F)c1. The van der Waals surface area contributed by atoms with Gasteiger partial charge in [-0.15, -0.1) is 0 Å². The summed E-state index contributed by atoms with van der Waals surface area (Å²) in [7, 11) is 0. The normalized spacial score (nSPS) is 17.8. The molecule has 0 bridgehead atoms. The third kappa shape index (κ3) is 5.00. The van der Waals surface area contributed by atoms with Gasteiger partial charge in [0.2, 0.25) is 0 Å². The molecule has 2 rings (SSSR count). The monoisotopic (exact) mass is 303 g/mol. The topological polar surface area (TPSA) is 12.5 Å². The van der Waals surface area contributed by atoms with Gasteiger partial charge in [-0.3, -0.25) is 4.90 Å². The lowest BCUT2D eigenvalue weighted by atomic mass is 10.0. The molecular formula is C16H24F3NO. The molecule has 1 aromatic carbocycles. The second kappa shape index (κ2) is 8.39. The summed E-state index contributed by atoms with van der Waals surface area (Å²) in [6.07, 6.45) is -3.52. The molecule has 1 heterocycles. The zero-order valence-corrected chi connectivity index (χ0v) is 12.9. The first-order chi connectivity index (χ1) is 10.0. The minimum Gasteiger partial charge on any atom is -0.379 e. The molecule has 0 aromatic heterocycles. The van der Waals surface area contributed by atoms with E-state index >= 15 is 0 Å². The van der Waals surface area contributed by atoms with Gasteiger partial charge in [-0.25, -0.2) is 0 Å². The van der Waals surface area contributed by atoms with Crippen LogP contribution in [-0.4, -0.2) is 37.4 Å². The second-order valence-electron chi connectivity index (χ2n) is 4.69. The minimum atomic E-state index is -4.26. The largest absolute Gasteiger partial charge is 0.408 e. The highest BCUT2D eigenvalue weighted by Gasteiger charge is 2.44. The first kappa shape index (κ1) is 18.0. The van der Waals surface area contributed by atoms with Gasteiger partial charge in [0.15, 0.2) is 0 Å². The second-order valence-corrected chi connectivity index (χ2v) is 4.69. The maximum Gasteiger partial charge on any atom is 0.408 e. The molecule has 1 aromatic rings. The molecule has 0 aliphatic carbocycles. The van der Waals surface area contributed by atoms with Crippen molar-refractivity contribution in [3.63, 3.8) is 0 Å². The summed E-state index contributed by atoms with van der Waals surface area (Å²) < 4.78 is 45.2. The molecule has 2 nitrogen and oxygen atoms in total. The van der Waals surface area contributed by atoms with E-state index < -0.39 is 12.2 Å². The molecule has 0 saturated carbocycles. The third-order valence-electron chi connectivity index (χ3n) is 3.40. The Morgan fingerprint density at radius 1 is 1.19 bits per heavy atom. The molecular weight excluding hydrogens is 279 g/mol. The average molecular weight is 303 g/mol.